The molecule has 0 bridgehead atoms. The van der Waals surface area contributed by atoms with Crippen molar-refractivity contribution in [2.45, 2.75) is 20.0 Å². The van der Waals surface area contributed by atoms with Crippen LogP contribution in [0.25, 0.3) is 0 Å². The fraction of sp³-hybridized carbons (Fsp3) is 0.200. The molecule has 0 aliphatic rings. The zero-order valence-corrected chi connectivity index (χ0v) is 14.2. The number of carbonyl (C=O) groups excluding carboxylic acids is 2. The van der Waals surface area contributed by atoms with Crippen LogP contribution in [0.2, 0.25) is 0 Å². The van der Waals surface area contributed by atoms with Gasteiger partial charge in [0.25, 0.3) is 0 Å². The van der Waals surface area contributed by atoms with Crippen LogP contribution in [0.1, 0.15) is 29.8 Å². The normalized spacial score (nSPS) is 11.4. The van der Waals surface area contributed by atoms with Crippen LogP contribution < -0.4 is 4.74 Å². The highest BCUT2D eigenvalue weighted by atomic mass is 16.6. The second kappa shape index (κ2) is 8.15. The average molecular weight is 340 g/mol. The molecular weight excluding hydrogens is 320 g/mol. The van der Waals surface area contributed by atoms with Gasteiger partial charge in [0.1, 0.15) is 24.2 Å². The summed E-state index contributed by atoms with van der Waals surface area (Å²) in [5, 5.41) is 10.1. The van der Waals surface area contributed by atoms with Crippen LogP contribution in [-0.2, 0) is 9.53 Å². The van der Waals surface area contributed by atoms with E-state index >= 15 is 0 Å². The largest absolute Gasteiger partial charge is 0.507 e. The minimum absolute atomic E-state index is 0.0527. The van der Waals surface area contributed by atoms with E-state index in [1.54, 1.807) is 44.2 Å². The van der Waals surface area contributed by atoms with E-state index in [0.29, 0.717) is 16.9 Å². The van der Waals surface area contributed by atoms with Gasteiger partial charge in [-0.15, -0.1) is 0 Å². The molecule has 130 valence electrons. The Kier molecular flexibility index (Phi) is 5.95. The molecule has 0 saturated heterocycles. The summed E-state index contributed by atoms with van der Waals surface area (Å²) >= 11 is 0. The van der Waals surface area contributed by atoms with Gasteiger partial charge in [0.05, 0.1) is 5.56 Å². The smallest absolute Gasteiger partial charge is 0.333 e. The van der Waals surface area contributed by atoms with E-state index in [2.05, 4.69) is 6.58 Å². The Hall–Kier alpha value is -3.08. The summed E-state index contributed by atoms with van der Waals surface area (Å²) in [6.45, 7) is 6.84. The molecule has 0 fully saturated rings. The van der Waals surface area contributed by atoms with Crippen molar-refractivity contribution in [2.24, 2.45) is 0 Å². The highest BCUT2D eigenvalue weighted by Crippen LogP contribution is 2.26. The monoisotopic (exact) mass is 340 g/mol. The van der Waals surface area contributed by atoms with Crippen LogP contribution in [0, 0.1) is 0 Å². The molecule has 0 aliphatic carbocycles. The van der Waals surface area contributed by atoms with E-state index in [-0.39, 0.29) is 23.7 Å². The van der Waals surface area contributed by atoms with Crippen LogP contribution in [-0.4, -0.2) is 29.6 Å². The van der Waals surface area contributed by atoms with Crippen LogP contribution in [0.3, 0.4) is 0 Å². The molecule has 0 amide bonds. The van der Waals surface area contributed by atoms with E-state index in [1.165, 1.54) is 12.1 Å². The SMILES string of the molecule is C=C(C)C(=O)OCC(C)Oc1ccc(C(=O)c2ccccc2)c(O)c1. The summed E-state index contributed by atoms with van der Waals surface area (Å²) in [4.78, 5) is 23.7. The number of rotatable bonds is 7. The predicted octanol–water partition coefficient (Wildman–Crippen LogP) is 3.51. The van der Waals surface area contributed by atoms with Gasteiger partial charge in [0, 0.05) is 17.2 Å². The van der Waals surface area contributed by atoms with E-state index in [1.807, 2.05) is 6.07 Å². The third-order valence-electron chi connectivity index (χ3n) is 3.38. The number of phenols is 1. The molecule has 2 aromatic carbocycles. The molecule has 25 heavy (non-hydrogen) atoms. The molecule has 0 spiro atoms. The number of aromatic hydroxyl groups is 1. The van der Waals surface area contributed by atoms with Gasteiger partial charge < -0.3 is 14.6 Å². The molecule has 0 heterocycles. The maximum Gasteiger partial charge on any atom is 0.333 e. The number of hydrogen-bond donors (Lipinski definition) is 1. The van der Waals surface area contributed by atoms with Crippen LogP contribution in [0.4, 0.5) is 0 Å². The number of hydrogen-bond acceptors (Lipinski definition) is 5. The topological polar surface area (TPSA) is 72.8 Å². The van der Waals surface area contributed by atoms with Crippen molar-refractivity contribution in [2.75, 3.05) is 6.61 Å². The van der Waals surface area contributed by atoms with Gasteiger partial charge in [-0.1, -0.05) is 36.9 Å². The van der Waals surface area contributed by atoms with Crippen molar-refractivity contribution in [3.05, 3.63) is 71.8 Å². The highest BCUT2D eigenvalue weighted by Gasteiger charge is 2.15. The van der Waals surface area contributed by atoms with E-state index in [4.69, 9.17) is 9.47 Å². The summed E-state index contributed by atoms with van der Waals surface area (Å²) in [6.07, 6.45) is -0.418. The third-order valence-corrected chi connectivity index (χ3v) is 3.38. The van der Waals surface area contributed by atoms with Crippen molar-refractivity contribution in [1.29, 1.82) is 0 Å². The standard InChI is InChI=1S/C20H20O5/c1-13(2)20(23)24-12-14(3)25-16-9-10-17(18(21)11-16)19(22)15-7-5-4-6-8-15/h4-11,14,21H,1,12H2,2-3H3. The lowest BCUT2D eigenvalue weighted by atomic mass is 10.0. The number of ether oxygens (including phenoxy) is 2. The maximum atomic E-state index is 12.4. The van der Waals surface area contributed by atoms with Crippen molar-refractivity contribution in [3.8, 4) is 11.5 Å². The Morgan fingerprint density at radius 2 is 1.84 bits per heavy atom. The van der Waals surface area contributed by atoms with Gasteiger partial charge in [-0.25, -0.2) is 4.79 Å². The van der Waals surface area contributed by atoms with Crippen molar-refractivity contribution in [1.82, 2.24) is 0 Å². The second-order valence-electron chi connectivity index (χ2n) is 5.68. The lowest BCUT2D eigenvalue weighted by Crippen LogP contribution is -2.21. The first-order valence-corrected chi connectivity index (χ1v) is 7.80. The Bertz CT molecular complexity index is 780. The van der Waals surface area contributed by atoms with Crippen LogP contribution in [0.5, 0.6) is 11.5 Å². The minimum atomic E-state index is -0.484. The zero-order valence-electron chi connectivity index (χ0n) is 14.2. The van der Waals surface area contributed by atoms with E-state index in [9.17, 15) is 14.7 Å². The van der Waals surface area contributed by atoms with Crippen LogP contribution in [0.15, 0.2) is 60.7 Å². The molecule has 0 aliphatic heterocycles. The predicted molar refractivity (Wildman–Crippen MR) is 93.8 cm³/mol. The van der Waals surface area contributed by atoms with Gasteiger partial charge >= 0.3 is 5.97 Å². The molecular formula is C20H20O5. The molecule has 1 atom stereocenters. The highest BCUT2D eigenvalue weighted by molar-refractivity contribution is 6.10. The van der Waals surface area contributed by atoms with Crippen molar-refractivity contribution in [3.63, 3.8) is 0 Å². The summed E-state index contributed by atoms with van der Waals surface area (Å²) in [7, 11) is 0. The molecule has 2 aromatic rings. The summed E-state index contributed by atoms with van der Waals surface area (Å²) in [6, 6.07) is 13.2. The Labute approximate surface area is 146 Å². The second-order valence-corrected chi connectivity index (χ2v) is 5.68. The number of benzene rings is 2. The molecule has 1 N–H and O–H groups in total. The molecule has 0 saturated carbocycles. The first-order valence-electron chi connectivity index (χ1n) is 7.80. The number of esters is 1. The number of phenolic OH excluding ortho intramolecular Hbond substituents is 1. The molecule has 0 radical (unpaired) electrons. The van der Waals surface area contributed by atoms with Crippen molar-refractivity contribution >= 4 is 11.8 Å². The lowest BCUT2D eigenvalue weighted by Gasteiger charge is -2.15. The fourth-order valence-corrected chi connectivity index (χ4v) is 2.10. The molecule has 5 nitrogen and oxygen atoms in total. The number of carbonyl (C=O) groups is 2. The Morgan fingerprint density at radius 3 is 2.44 bits per heavy atom. The quantitative estimate of drug-likeness (QED) is 0.474. The molecule has 5 heteroatoms. The molecule has 1 unspecified atom stereocenters. The lowest BCUT2D eigenvalue weighted by molar-refractivity contribution is -0.141. The molecule has 2 rings (SSSR count). The van der Waals surface area contributed by atoms with Crippen LogP contribution >= 0.6 is 0 Å². The molecule has 0 aromatic heterocycles. The summed E-state index contributed by atoms with van der Waals surface area (Å²) < 4.78 is 10.6. The Morgan fingerprint density at radius 1 is 1.16 bits per heavy atom. The summed E-state index contributed by atoms with van der Waals surface area (Å²) in [5.41, 5.74) is 1.00. The van der Waals surface area contributed by atoms with E-state index in [0.717, 1.165) is 0 Å². The van der Waals surface area contributed by atoms with Gasteiger partial charge in [0.2, 0.25) is 0 Å². The van der Waals surface area contributed by atoms with Gasteiger partial charge in [-0.2, -0.15) is 0 Å². The van der Waals surface area contributed by atoms with Crippen molar-refractivity contribution < 1.29 is 24.2 Å². The first-order chi connectivity index (χ1) is 11.9. The van der Waals surface area contributed by atoms with E-state index < -0.39 is 12.1 Å². The first kappa shape index (κ1) is 18.3. The summed E-state index contributed by atoms with van der Waals surface area (Å²) in [5.74, 6) is -0.548. The number of ketones is 1. The fourth-order valence-electron chi connectivity index (χ4n) is 2.10. The zero-order chi connectivity index (χ0) is 18.4. The average Bonchev–Trinajstić information content (AvgIpc) is 2.60. The maximum absolute atomic E-state index is 12.4. The van der Waals surface area contributed by atoms with Gasteiger partial charge in [0.15, 0.2) is 5.78 Å². The minimum Gasteiger partial charge on any atom is -0.507 e. The van der Waals surface area contributed by atoms with Gasteiger partial charge in [-0.05, 0) is 26.0 Å². The third kappa shape index (κ3) is 4.94. The Balaban J connectivity index is 2.03. The van der Waals surface area contributed by atoms with Gasteiger partial charge in [-0.3, -0.25) is 4.79 Å².